The van der Waals surface area contributed by atoms with Crippen molar-refractivity contribution in [3.8, 4) is 0 Å². The molecule has 0 aliphatic carbocycles. The maximum atomic E-state index is 8.62. The molecule has 0 unspecified atom stereocenters. The van der Waals surface area contributed by atoms with Gasteiger partial charge in [-0.2, -0.15) is 0 Å². The largest absolute Gasteiger partial charge is 0.813 e. The van der Waals surface area contributed by atoms with Gasteiger partial charge in [0.1, 0.15) is 0 Å². The first-order valence-corrected chi connectivity index (χ1v) is 2.07. The van der Waals surface area contributed by atoms with Crippen molar-refractivity contribution in [1.82, 2.24) is 0 Å². The van der Waals surface area contributed by atoms with Crippen LogP contribution in [-0.4, -0.2) is 3.76 Å². The molecule has 0 aromatic rings. The zero-order valence-electron chi connectivity index (χ0n) is 2.01. The molecule has 0 amide bonds. The van der Waals surface area contributed by atoms with E-state index >= 15 is 0 Å². The molecular weight excluding hydrogens is 224 g/mol. The van der Waals surface area contributed by atoms with Crippen molar-refractivity contribution in [1.29, 1.82) is 0 Å². The molecule has 0 rings (SSSR count). The van der Waals surface area contributed by atoms with Crippen molar-refractivity contribution in [3.63, 3.8) is 0 Å². The number of hydrogen-bond donors (Lipinski definition) is 1. The molecule has 0 heterocycles. The van der Waals surface area contributed by atoms with Crippen LogP contribution in [0.5, 0.6) is 0 Å². The number of hydrogen-bond acceptors (Lipinski definition) is 2. The molecule has 0 atom stereocenters. The minimum atomic E-state index is -1.78. The van der Waals surface area contributed by atoms with Crippen LogP contribution in [0.25, 0.3) is 0 Å². The quantitative estimate of drug-likeness (QED) is 0.328. The molecule has 2 nitrogen and oxygen atoms in total. The molecule has 0 aromatic carbocycles. The average Bonchev–Trinajstić information content (AvgIpc) is 0.918. The van der Waals surface area contributed by atoms with Crippen LogP contribution in [0.2, 0.25) is 0 Å². The van der Waals surface area contributed by atoms with Gasteiger partial charge in [-0.05, 0) is 0 Å². The molecule has 0 aliphatic rings. The van der Waals surface area contributed by atoms with Crippen LogP contribution in [0.15, 0.2) is 0 Å². The Kier molecular flexibility index (Phi) is 59.9. The fourth-order valence-corrected chi connectivity index (χ4v) is 0. The van der Waals surface area contributed by atoms with E-state index in [4.69, 9.17) is 7.16 Å². The third-order valence-electron chi connectivity index (χ3n) is 0. The molecule has 1 N–H and O–H groups in total. The molecule has 0 aliphatic heterocycles. The summed E-state index contributed by atoms with van der Waals surface area (Å²) in [6, 6.07) is 0. The molecule has 0 spiro atoms. The van der Waals surface area contributed by atoms with Gasteiger partial charge in [0.2, 0.25) is 0 Å². The molecule has 1 radical (unpaired) electrons. The minimum absolute atomic E-state index is 0. The summed E-state index contributed by atoms with van der Waals surface area (Å²) in [7, 11) is 0. The predicted molar refractivity (Wildman–Crippen MR) is 11.7 cm³/mol. The summed E-state index contributed by atoms with van der Waals surface area (Å²) >= 11 is -1.78. The second-order valence-corrected chi connectivity index (χ2v) is 0.441. The summed E-state index contributed by atoms with van der Waals surface area (Å²) in [5.74, 6) is 0. The second kappa shape index (κ2) is 18.5. The van der Waals surface area contributed by atoms with E-state index in [2.05, 4.69) is 0 Å². The Balaban J connectivity index is -0.0000000200. The van der Waals surface area contributed by atoms with Crippen molar-refractivity contribution in [3.05, 3.63) is 0 Å². The molecule has 0 saturated carbocycles. The van der Waals surface area contributed by atoms with E-state index in [1.165, 1.54) is 0 Å². The Morgan fingerprint density at radius 3 is 1.60 bits per heavy atom. The van der Waals surface area contributed by atoms with Crippen molar-refractivity contribution < 1.29 is 43.1 Å². The minimum Gasteiger partial charge on any atom is -0.813 e. The Labute approximate surface area is 56.6 Å². The molecule has 0 fully saturated rings. The van der Waals surface area contributed by atoms with Gasteiger partial charge in [-0.25, -0.2) is 0 Å². The van der Waals surface area contributed by atoms with E-state index in [0.717, 1.165) is 0 Å². The summed E-state index contributed by atoms with van der Waals surface area (Å²) in [5, 5.41) is 0. The van der Waals surface area contributed by atoms with Crippen LogP contribution in [0.3, 0.4) is 0 Å². The molecule has 0 bridgehead atoms. The topological polar surface area (TPSA) is 37.3 Å². The molecule has 0 aromatic heterocycles. The van der Waals surface area contributed by atoms with E-state index in [1.54, 1.807) is 0 Å². The monoisotopic (exact) mass is 227 g/mol. The first-order chi connectivity index (χ1) is 1.41. The van der Waals surface area contributed by atoms with E-state index in [9.17, 15) is 0 Å². The third kappa shape index (κ3) is 33.7. The standard InChI is InChI=1S/Cu.Mo.H2O.O.H2S/h;;1H2;;1H2/q+2;+1;;;/p-2. The summed E-state index contributed by atoms with van der Waals surface area (Å²) < 4.78 is 15.8. The second-order valence-electron chi connectivity index (χ2n) is 0.0745. The Hall–Kier alpha value is 1.32. The molecule has 36 valence electrons. The maximum Gasteiger partial charge on any atom is -0.813 e. The van der Waals surface area contributed by atoms with E-state index < -0.39 is 18.9 Å². The van der Waals surface area contributed by atoms with Gasteiger partial charge in [0.25, 0.3) is 0 Å². The van der Waals surface area contributed by atoms with Gasteiger partial charge < -0.3 is 13.5 Å². The van der Waals surface area contributed by atoms with Gasteiger partial charge in [0.15, 0.2) is 0 Å². The molecule has 5 heavy (non-hydrogen) atoms. The van der Waals surface area contributed by atoms with Crippen LogP contribution in [0.1, 0.15) is 0 Å². The summed E-state index contributed by atoms with van der Waals surface area (Å²) in [4.78, 5) is 0. The summed E-state index contributed by atoms with van der Waals surface area (Å²) in [6.45, 7) is 0. The van der Waals surface area contributed by atoms with Gasteiger partial charge in [-0.1, -0.05) is 0 Å². The van der Waals surface area contributed by atoms with Gasteiger partial charge >= 0.3 is 43.1 Å². The summed E-state index contributed by atoms with van der Waals surface area (Å²) in [6.07, 6.45) is 0. The van der Waals surface area contributed by atoms with Crippen molar-refractivity contribution in [2.45, 2.75) is 0 Å². The zero-order chi connectivity index (χ0) is 2.71. The van der Waals surface area contributed by atoms with Gasteiger partial charge in [0.05, 0.1) is 0 Å². The van der Waals surface area contributed by atoms with Crippen LogP contribution >= 0.6 is 0 Å². The molecule has 5 heteroatoms. The van der Waals surface area contributed by atoms with Gasteiger partial charge in [-0.3, -0.25) is 0 Å². The zero-order valence-corrected chi connectivity index (χ0v) is 5.86. The third-order valence-corrected chi connectivity index (χ3v) is 0. The van der Waals surface area contributed by atoms with Gasteiger partial charge in [-0.15, -0.1) is 0 Å². The fraction of sp³-hybridized carbons (Fsp3) is 0. The van der Waals surface area contributed by atoms with Gasteiger partial charge in [0, 0.05) is 0 Å². The predicted octanol–water partition coefficient (Wildman–Crippen LogP) is -0.951. The number of rotatable bonds is 0. The Bertz CT molecular complexity index is 17.1. The average molecular weight is 226 g/mol. The van der Waals surface area contributed by atoms with Crippen LogP contribution in [0, 0.1) is 0 Å². The van der Waals surface area contributed by atoms with Crippen LogP contribution in [0.4, 0.5) is 0 Å². The van der Waals surface area contributed by atoms with Crippen molar-refractivity contribution in [2.24, 2.45) is 0 Å². The SMILES string of the molecule is [Cu+2].[O]=[Mo][OH].[SH-]. The van der Waals surface area contributed by atoms with E-state index in [0.29, 0.717) is 0 Å². The van der Waals surface area contributed by atoms with E-state index in [1.807, 2.05) is 0 Å². The van der Waals surface area contributed by atoms with Crippen molar-refractivity contribution in [2.75, 3.05) is 0 Å². The van der Waals surface area contributed by atoms with Crippen LogP contribution < -0.4 is 0 Å². The van der Waals surface area contributed by atoms with E-state index in [-0.39, 0.29) is 30.6 Å². The molecule has 0 saturated heterocycles. The smallest absolute Gasteiger partial charge is 0.813 e. The first-order valence-electron chi connectivity index (χ1n) is 0.349. The number of thiol groups is 1. The van der Waals surface area contributed by atoms with Crippen LogP contribution in [-0.2, 0) is 52.9 Å². The Morgan fingerprint density at radius 1 is 1.60 bits per heavy atom. The first kappa shape index (κ1) is 16.2. The van der Waals surface area contributed by atoms with Crippen molar-refractivity contribution >= 4 is 13.5 Å². The maximum absolute atomic E-state index is 8.62. The summed E-state index contributed by atoms with van der Waals surface area (Å²) in [5.41, 5.74) is 0. The normalized spacial score (nSPS) is 2.60. The Morgan fingerprint density at radius 2 is 1.60 bits per heavy atom. The molecular formula is H2CuMoO2S+. The fourth-order valence-electron chi connectivity index (χ4n) is 0.